The van der Waals surface area contributed by atoms with Crippen molar-refractivity contribution in [1.29, 1.82) is 0 Å². The van der Waals surface area contributed by atoms with Gasteiger partial charge in [-0.1, -0.05) is 23.9 Å². The van der Waals surface area contributed by atoms with Crippen LogP contribution in [0.1, 0.15) is 10.4 Å². The molecule has 0 atom stereocenters. The molecule has 0 radical (unpaired) electrons. The Morgan fingerprint density at radius 3 is 2.79 bits per heavy atom. The number of rotatable bonds is 3. The van der Waals surface area contributed by atoms with Gasteiger partial charge in [-0.3, -0.25) is 0 Å². The fourth-order valence-electron chi connectivity index (χ4n) is 1.80. The minimum atomic E-state index is -0.925. The molecule has 2 heterocycles. The maximum absolute atomic E-state index is 11.1. The van der Waals surface area contributed by atoms with E-state index in [1.165, 1.54) is 4.21 Å². The number of thiophene rings is 1. The molecule has 1 aromatic carbocycles. The van der Waals surface area contributed by atoms with Gasteiger partial charge in [-0.05, 0) is 35.7 Å². The first-order chi connectivity index (χ1) is 9.24. The minimum absolute atomic E-state index is 0.290. The number of hydrogen-bond acceptors (Lipinski definition) is 4. The number of benzene rings is 1. The average molecular weight is 287 g/mol. The first-order valence-corrected chi connectivity index (χ1v) is 7.28. The molecule has 3 aromatic rings. The molecule has 0 aliphatic heterocycles. The third-order valence-electron chi connectivity index (χ3n) is 2.64. The number of pyridine rings is 1. The van der Waals surface area contributed by atoms with Crippen LogP contribution in [-0.4, -0.2) is 16.1 Å². The molecular formula is C14H9NO2S2. The van der Waals surface area contributed by atoms with Crippen LogP contribution in [0.4, 0.5) is 0 Å². The lowest BCUT2D eigenvalue weighted by molar-refractivity contribution is 0.0699. The second-order valence-corrected chi connectivity index (χ2v) is 6.13. The molecule has 0 saturated carbocycles. The number of hydrogen-bond donors (Lipinski definition) is 1. The van der Waals surface area contributed by atoms with Gasteiger partial charge in [0.25, 0.3) is 0 Å². The highest BCUT2D eigenvalue weighted by Gasteiger charge is 2.09. The molecule has 19 heavy (non-hydrogen) atoms. The maximum atomic E-state index is 11.1. The van der Waals surface area contributed by atoms with Crippen molar-refractivity contribution in [3.8, 4) is 0 Å². The van der Waals surface area contributed by atoms with Crippen molar-refractivity contribution < 1.29 is 9.90 Å². The van der Waals surface area contributed by atoms with E-state index in [1.54, 1.807) is 35.2 Å². The second-order valence-electron chi connectivity index (χ2n) is 3.86. The quantitative estimate of drug-likeness (QED) is 0.786. The lowest BCUT2D eigenvalue weighted by Crippen LogP contribution is -1.97. The summed E-state index contributed by atoms with van der Waals surface area (Å²) in [7, 11) is 0. The Balaban J connectivity index is 2.04. The van der Waals surface area contributed by atoms with E-state index in [9.17, 15) is 4.79 Å². The fourth-order valence-corrected chi connectivity index (χ4v) is 3.50. The van der Waals surface area contributed by atoms with Crippen LogP contribution in [0.3, 0.4) is 0 Å². The van der Waals surface area contributed by atoms with Crippen LogP contribution in [-0.2, 0) is 0 Å². The van der Waals surface area contributed by atoms with Gasteiger partial charge in [0.1, 0.15) is 5.03 Å². The largest absolute Gasteiger partial charge is 0.478 e. The topological polar surface area (TPSA) is 50.2 Å². The zero-order valence-electron chi connectivity index (χ0n) is 9.74. The molecule has 94 valence electrons. The molecular weight excluding hydrogens is 278 g/mol. The van der Waals surface area contributed by atoms with Gasteiger partial charge < -0.3 is 5.11 Å². The monoisotopic (exact) mass is 287 g/mol. The van der Waals surface area contributed by atoms with Crippen LogP contribution in [0.5, 0.6) is 0 Å². The van der Waals surface area contributed by atoms with Crippen LogP contribution in [0.25, 0.3) is 10.9 Å². The smallest absolute Gasteiger partial charge is 0.336 e. The van der Waals surface area contributed by atoms with Crippen molar-refractivity contribution in [2.75, 3.05) is 0 Å². The highest BCUT2D eigenvalue weighted by atomic mass is 32.2. The number of aromatic carboxylic acids is 1. The standard InChI is InChI=1S/C14H9NO2S2/c16-14(17)10-3-1-4-11-9(10)6-7-12(15-11)19-13-5-2-8-18-13/h1-8H,(H,16,17). The van der Waals surface area contributed by atoms with Gasteiger partial charge in [0.2, 0.25) is 0 Å². The van der Waals surface area contributed by atoms with Crippen molar-refractivity contribution >= 4 is 40.0 Å². The van der Waals surface area contributed by atoms with E-state index in [2.05, 4.69) is 4.98 Å². The number of fused-ring (bicyclic) bond motifs is 1. The Kier molecular flexibility index (Phi) is 3.23. The van der Waals surface area contributed by atoms with Gasteiger partial charge in [-0.25, -0.2) is 9.78 Å². The van der Waals surface area contributed by atoms with Crippen molar-refractivity contribution in [1.82, 2.24) is 4.98 Å². The van der Waals surface area contributed by atoms with Crippen molar-refractivity contribution in [3.63, 3.8) is 0 Å². The van der Waals surface area contributed by atoms with Crippen molar-refractivity contribution in [2.45, 2.75) is 9.24 Å². The van der Waals surface area contributed by atoms with Crippen LogP contribution in [0.2, 0.25) is 0 Å². The van der Waals surface area contributed by atoms with Gasteiger partial charge in [0.05, 0.1) is 15.3 Å². The van der Waals surface area contributed by atoms with E-state index in [0.29, 0.717) is 10.9 Å². The molecule has 0 bridgehead atoms. The second kappa shape index (κ2) is 5.03. The van der Waals surface area contributed by atoms with E-state index in [-0.39, 0.29) is 5.56 Å². The summed E-state index contributed by atoms with van der Waals surface area (Å²) in [5.74, 6) is -0.925. The summed E-state index contributed by atoms with van der Waals surface area (Å²) in [6, 6.07) is 12.9. The highest BCUT2D eigenvalue weighted by molar-refractivity contribution is 8.01. The summed E-state index contributed by atoms with van der Waals surface area (Å²) in [6.45, 7) is 0. The predicted molar refractivity (Wildman–Crippen MR) is 77.1 cm³/mol. The van der Waals surface area contributed by atoms with E-state index < -0.39 is 5.97 Å². The summed E-state index contributed by atoms with van der Waals surface area (Å²) in [6.07, 6.45) is 0. The molecule has 0 fully saturated rings. The summed E-state index contributed by atoms with van der Waals surface area (Å²) in [5, 5.41) is 12.7. The molecule has 0 aliphatic carbocycles. The van der Waals surface area contributed by atoms with Crippen LogP contribution >= 0.6 is 23.1 Å². The van der Waals surface area contributed by atoms with E-state index in [0.717, 1.165) is 5.03 Å². The van der Waals surface area contributed by atoms with Crippen LogP contribution in [0, 0.1) is 0 Å². The molecule has 0 aliphatic rings. The van der Waals surface area contributed by atoms with E-state index in [1.807, 2.05) is 35.7 Å². The molecule has 5 heteroatoms. The Bertz CT molecular complexity index is 738. The molecule has 3 rings (SSSR count). The minimum Gasteiger partial charge on any atom is -0.478 e. The zero-order chi connectivity index (χ0) is 13.2. The van der Waals surface area contributed by atoms with Gasteiger partial charge >= 0.3 is 5.97 Å². The van der Waals surface area contributed by atoms with E-state index >= 15 is 0 Å². The van der Waals surface area contributed by atoms with Crippen molar-refractivity contribution in [2.24, 2.45) is 0 Å². The van der Waals surface area contributed by atoms with E-state index in [4.69, 9.17) is 5.11 Å². The molecule has 0 amide bonds. The van der Waals surface area contributed by atoms with Crippen molar-refractivity contribution in [3.05, 3.63) is 53.4 Å². The first kappa shape index (κ1) is 12.2. The zero-order valence-corrected chi connectivity index (χ0v) is 11.4. The molecule has 0 spiro atoms. The SMILES string of the molecule is O=C(O)c1cccc2nc(Sc3cccs3)ccc12. The lowest BCUT2D eigenvalue weighted by atomic mass is 10.1. The van der Waals surface area contributed by atoms with Crippen LogP contribution < -0.4 is 0 Å². The number of carboxylic acids is 1. The Labute approximate surface area is 117 Å². The lowest BCUT2D eigenvalue weighted by Gasteiger charge is -2.04. The first-order valence-electron chi connectivity index (χ1n) is 5.58. The van der Waals surface area contributed by atoms with Crippen LogP contribution in [0.15, 0.2) is 57.1 Å². The van der Waals surface area contributed by atoms with Gasteiger partial charge in [0, 0.05) is 5.39 Å². The Hall–Kier alpha value is -1.85. The predicted octanol–water partition coefficient (Wildman–Crippen LogP) is 4.15. The number of aromatic nitrogens is 1. The van der Waals surface area contributed by atoms with Gasteiger partial charge in [-0.2, -0.15) is 0 Å². The summed E-state index contributed by atoms with van der Waals surface area (Å²) in [4.78, 5) is 15.6. The Morgan fingerprint density at radius 2 is 2.05 bits per heavy atom. The molecule has 2 aromatic heterocycles. The molecule has 0 unspecified atom stereocenters. The fraction of sp³-hybridized carbons (Fsp3) is 0. The third kappa shape index (κ3) is 2.47. The maximum Gasteiger partial charge on any atom is 0.336 e. The highest BCUT2D eigenvalue weighted by Crippen LogP contribution is 2.31. The number of nitrogens with zero attached hydrogens (tertiary/aromatic N) is 1. The third-order valence-corrected chi connectivity index (χ3v) is 4.61. The molecule has 0 saturated heterocycles. The number of carbonyl (C=O) groups is 1. The van der Waals surface area contributed by atoms with Gasteiger partial charge in [0.15, 0.2) is 0 Å². The molecule has 3 nitrogen and oxygen atoms in total. The van der Waals surface area contributed by atoms with Gasteiger partial charge in [-0.15, -0.1) is 11.3 Å². The summed E-state index contributed by atoms with van der Waals surface area (Å²) in [5.41, 5.74) is 0.999. The summed E-state index contributed by atoms with van der Waals surface area (Å²) >= 11 is 3.24. The average Bonchev–Trinajstić information content (AvgIpc) is 2.90. The normalized spacial score (nSPS) is 10.7. The summed E-state index contributed by atoms with van der Waals surface area (Å²) < 4.78 is 1.17. The Morgan fingerprint density at radius 1 is 1.16 bits per heavy atom. The molecule has 1 N–H and O–H groups in total. The number of carboxylic acid groups (broad SMARTS) is 1.